The van der Waals surface area contributed by atoms with E-state index in [-0.39, 0.29) is 0 Å². The third-order valence-corrected chi connectivity index (χ3v) is 5.02. The van der Waals surface area contributed by atoms with E-state index in [0.29, 0.717) is 6.04 Å². The van der Waals surface area contributed by atoms with Crippen LogP contribution < -0.4 is 10.6 Å². The van der Waals surface area contributed by atoms with Gasteiger partial charge in [-0.2, -0.15) is 0 Å². The monoisotopic (exact) mass is 296 g/mol. The van der Waals surface area contributed by atoms with Gasteiger partial charge in [0.2, 0.25) is 0 Å². The Morgan fingerprint density at radius 1 is 1.25 bits per heavy atom. The lowest BCUT2D eigenvalue weighted by molar-refractivity contribution is 0.177. The largest absolute Gasteiger partial charge is 0.346 e. The molecule has 2 heterocycles. The maximum Gasteiger partial charge on any atom is 0.185 e. The van der Waals surface area contributed by atoms with Crippen molar-refractivity contribution in [2.75, 3.05) is 37.6 Å². The van der Waals surface area contributed by atoms with Gasteiger partial charge in [0.1, 0.15) is 0 Å². The number of thiazole rings is 1. The minimum atomic E-state index is 0.574. The Bertz CT molecular complexity index is 347. The fraction of sp³-hybridized carbons (Fsp3) is 0.800. The minimum absolute atomic E-state index is 0.574. The lowest BCUT2D eigenvalue weighted by atomic mass is 10.1. The van der Waals surface area contributed by atoms with E-state index >= 15 is 0 Å². The second-order valence-electron chi connectivity index (χ2n) is 5.58. The normalized spacial score (nSPS) is 18.4. The Hall–Kier alpha value is -0.650. The number of unbranched alkanes of at least 4 members (excludes halogenated alkanes) is 3. The molecule has 114 valence electrons. The number of hydrogen-bond donors (Lipinski definition) is 1. The summed E-state index contributed by atoms with van der Waals surface area (Å²) in [6.45, 7) is 7.46. The minimum Gasteiger partial charge on any atom is -0.346 e. The van der Waals surface area contributed by atoms with Crippen molar-refractivity contribution in [1.29, 1.82) is 0 Å². The van der Waals surface area contributed by atoms with Crippen molar-refractivity contribution in [2.24, 2.45) is 5.73 Å². The average molecular weight is 296 g/mol. The molecule has 1 fully saturated rings. The molecule has 5 heteroatoms. The molecule has 0 bridgehead atoms. The molecule has 0 aromatic carbocycles. The van der Waals surface area contributed by atoms with Crippen LogP contribution in [-0.2, 0) is 0 Å². The number of hydrogen-bond acceptors (Lipinski definition) is 5. The van der Waals surface area contributed by atoms with Gasteiger partial charge in [0.25, 0.3) is 0 Å². The van der Waals surface area contributed by atoms with Gasteiger partial charge in [0.15, 0.2) is 5.13 Å². The summed E-state index contributed by atoms with van der Waals surface area (Å²) in [7, 11) is 0. The van der Waals surface area contributed by atoms with Gasteiger partial charge < -0.3 is 10.6 Å². The number of aromatic nitrogens is 1. The topological polar surface area (TPSA) is 45.4 Å². The highest BCUT2D eigenvalue weighted by molar-refractivity contribution is 7.13. The summed E-state index contributed by atoms with van der Waals surface area (Å²) >= 11 is 1.74. The number of rotatable bonds is 8. The lowest BCUT2D eigenvalue weighted by Gasteiger charge is -2.39. The van der Waals surface area contributed by atoms with E-state index in [4.69, 9.17) is 5.73 Å². The summed E-state index contributed by atoms with van der Waals surface area (Å²) in [5.74, 6) is 0. The molecule has 2 rings (SSSR count). The van der Waals surface area contributed by atoms with Crippen LogP contribution >= 0.6 is 11.3 Å². The van der Waals surface area contributed by atoms with Crippen LogP contribution in [-0.4, -0.2) is 48.6 Å². The first-order chi connectivity index (χ1) is 9.85. The molecule has 0 spiro atoms. The molecule has 1 aliphatic heterocycles. The van der Waals surface area contributed by atoms with Crippen LogP contribution in [0, 0.1) is 0 Å². The molecule has 1 aliphatic rings. The van der Waals surface area contributed by atoms with Gasteiger partial charge in [-0.25, -0.2) is 4.98 Å². The van der Waals surface area contributed by atoms with Crippen LogP contribution in [0.25, 0.3) is 0 Å². The van der Waals surface area contributed by atoms with Crippen LogP contribution in [0.15, 0.2) is 11.6 Å². The van der Waals surface area contributed by atoms with Gasteiger partial charge in [-0.3, -0.25) is 4.90 Å². The Labute approximate surface area is 127 Å². The van der Waals surface area contributed by atoms with E-state index in [0.717, 1.165) is 37.9 Å². The smallest absolute Gasteiger partial charge is 0.185 e. The Kier molecular flexibility index (Phi) is 6.76. The number of piperazine rings is 1. The fourth-order valence-electron chi connectivity index (χ4n) is 2.91. The summed E-state index contributed by atoms with van der Waals surface area (Å²) < 4.78 is 0. The van der Waals surface area contributed by atoms with E-state index in [1.165, 1.54) is 32.1 Å². The van der Waals surface area contributed by atoms with Crippen LogP contribution in [0.4, 0.5) is 5.13 Å². The van der Waals surface area contributed by atoms with E-state index in [9.17, 15) is 0 Å². The Morgan fingerprint density at radius 3 is 2.65 bits per heavy atom. The molecule has 1 unspecified atom stereocenters. The molecule has 4 nitrogen and oxygen atoms in total. The highest BCUT2D eigenvalue weighted by Crippen LogP contribution is 2.20. The molecule has 0 radical (unpaired) electrons. The summed E-state index contributed by atoms with van der Waals surface area (Å²) in [4.78, 5) is 9.38. The molecular weight excluding hydrogens is 268 g/mol. The molecular formula is C15H28N4S. The van der Waals surface area contributed by atoms with Crippen LogP contribution in [0.3, 0.4) is 0 Å². The van der Waals surface area contributed by atoms with Crippen molar-refractivity contribution < 1.29 is 0 Å². The zero-order valence-corrected chi connectivity index (χ0v) is 13.4. The van der Waals surface area contributed by atoms with E-state index in [2.05, 4.69) is 27.1 Å². The standard InChI is InChI=1S/C15H28N4S/c1-2-3-4-5-6-14(13-16)18-8-10-19(11-9-18)15-17-7-12-20-15/h7,12,14H,2-6,8-11,13,16H2,1H3. The maximum atomic E-state index is 5.98. The lowest BCUT2D eigenvalue weighted by Crippen LogP contribution is -2.52. The summed E-state index contributed by atoms with van der Waals surface area (Å²) in [6.07, 6.45) is 8.49. The molecule has 2 N–H and O–H groups in total. The van der Waals surface area contributed by atoms with Crippen molar-refractivity contribution in [1.82, 2.24) is 9.88 Å². The van der Waals surface area contributed by atoms with Gasteiger partial charge in [-0.05, 0) is 6.42 Å². The zero-order valence-electron chi connectivity index (χ0n) is 12.6. The number of anilines is 1. The molecule has 1 aromatic heterocycles. The first kappa shape index (κ1) is 15.7. The predicted molar refractivity (Wildman–Crippen MR) is 87.5 cm³/mol. The average Bonchev–Trinajstić information content (AvgIpc) is 3.02. The third kappa shape index (κ3) is 4.43. The van der Waals surface area contributed by atoms with Crippen molar-refractivity contribution in [3.63, 3.8) is 0 Å². The zero-order chi connectivity index (χ0) is 14.2. The third-order valence-electron chi connectivity index (χ3n) is 4.18. The highest BCUT2D eigenvalue weighted by Gasteiger charge is 2.23. The number of nitrogens with zero attached hydrogens (tertiary/aromatic N) is 3. The molecule has 0 saturated carbocycles. The maximum absolute atomic E-state index is 5.98. The summed E-state index contributed by atoms with van der Waals surface area (Å²) in [5, 5.41) is 3.22. The Morgan fingerprint density at radius 2 is 2.05 bits per heavy atom. The van der Waals surface area contributed by atoms with Crippen LogP contribution in [0.1, 0.15) is 39.0 Å². The molecule has 0 aliphatic carbocycles. The van der Waals surface area contributed by atoms with Crippen molar-refractivity contribution in [2.45, 2.75) is 45.1 Å². The molecule has 20 heavy (non-hydrogen) atoms. The predicted octanol–water partition coefficient (Wildman–Crippen LogP) is 2.56. The van der Waals surface area contributed by atoms with Crippen molar-refractivity contribution >= 4 is 16.5 Å². The second-order valence-corrected chi connectivity index (χ2v) is 6.45. The van der Waals surface area contributed by atoms with E-state index in [1.807, 2.05) is 6.20 Å². The van der Waals surface area contributed by atoms with Gasteiger partial charge >= 0.3 is 0 Å². The SMILES string of the molecule is CCCCCCC(CN)N1CCN(c2nccs2)CC1. The summed E-state index contributed by atoms with van der Waals surface area (Å²) in [5.41, 5.74) is 5.98. The fourth-order valence-corrected chi connectivity index (χ4v) is 3.60. The first-order valence-electron chi connectivity index (χ1n) is 7.93. The quantitative estimate of drug-likeness (QED) is 0.749. The highest BCUT2D eigenvalue weighted by atomic mass is 32.1. The molecule has 1 saturated heterocycles. The Balaban J connectivity index is 1.73. The van der Waals surface area contributed by atoms with Crippen molar-refractivity contribution in [3.8, 4) is 0 Å². The van der Waals surface area contributed by atoms with Crippen molar-refractivity contribution in [3.05, 3.63) is 11.6 Å². The van der Waals surface area contributed by atoms with Gasteiger partial charge in [0.05, 0.1) is 0 Å². The van der Waals surface area contributed by atoms with Crippen LogP contribution in [0.5, 0.6) is 0 Å². The van der Waals surface area contributed by atoms with Crippen LogP contribution in [0.2, 0.25) is 0 Å². The van der Waals surface area contributed by atoms with E-state index < -0.39 is 0 Å². The molecule has 1 aromatic rings. The van der Waals surface area contributed by atoms with Gasteiger partial charge in [-0.15, -0.1) is 11.3 Å². The van der Waals surface area contributed by atoms with E-state index in [1.54, 1.807) is 11.3 Å². The van der Waals surface area contributed by atoms with Gasteiger partial charge in [-0.1, -0.05) is 32.6 Å². The molecule has 0 amide bonds. The molecule has 1 atom stereocenters. The number of nitrogens with two attached hydrogens (primary N) is 1. The van der Waals surface area contributed by atoms with Gasteiger partial charge in [0, 0.05) is 50.3 Å². The summed E-state index contributed by atoms with van der Waals surface area (Å²) in [6, 6.07) is 0.574. The second kappa shape index (κ2) is 8.60. The first-order valence-corrected chi connectivity index (χ1v) is 8.81.